The fourth-order valence-electron chi connectivity index (χ4n) is 2.35. The van der Waals surface area contributed by atoms with E-state index in [1.165, 1.54) is 0 Å². The number of aryl methyl sites for hydroxylation is 3. The summed E-state index contributed by atoms with van der Waals surface area (Å²) in [5.41, 5.74) is 3.11. The minimum absolute atomic E-state index is 0.0366. The summed E-state index contributed by atoms with van der Waals surface area (Å²) in [6.07, 6.45) is 3.19. The van der Waals surface area contributed by atoms with E-state index in [1.54, 1.807) is 7.11 Å². The van der Waals surface area contributed by atoms with E-state index in [2.05, 4.69) is 17.3 Å². The van der Waals surface area contributed by atoms with E-state index in [-0.39, 0.29) is 5.91 Å². The average Bonchev–Trinajstić information content (AvgIpc) is 2.91. The second-order valence-corrected chi connectivity index (χ2v) is 5.18. The van der Waals surface area contributed by atoms with Crippen LogP contribution >= 0.6 is 0 Å². The Bertz CT molecular complexity index is 635. The molecule has 0 atom stereocenters. The molecule has 0 fully saturated rings. The van der Waals surface area contributed by atoms with Gasteiger partial charge in [-0.25, -0.2) is 0 Å². The zero-order valence-corrected chi connectivity index (χ0v) is 13.4. The maximum absolute atomic E-state index is 12.0. The van der Waals surface area contributed by atoms with Gasteiger partial charge >= 0.3 is 0 Å². The van der Waals surface area contributed by atoms with E-state index in [1.807, 2.05) is 42.1 Å². The number of hydrogen-bond acceptors (Lipinski definition) is 3. The Labute approximate surface area is 131 Å². The van der Waals surface area contributed by atoms with E-state index in [4.69, 9.17) is 4.74 Å². The monoisotopic (exact) mass is 301 g/mol. The van der Waals surface area contributed by atoms with Crippen LogP contribution in [-0.4, -0.2) is 22.8 Å². The molecule has 0 aliphatic carbocycles. The number of hydrogen-bond donors (Lipinski definition) is 1. The molecule has 118 valence electrons. The number of nitrogens with one attached hydrogen (secondary N) is 1. The highest BCUT2D eigenvalue weighted by atomic mass is 16.5. The summed E-state index contributed by atoms with van der Waals surface area (Å²) in [6, 6.07) is 7.70. The molecule has 0 aliphatic rings. The highest BCUT2D eigenvalue weighted by Crippen LogP contribution is 2.16. The highest BCUT2D eigenvalue weighted by Gasteiger charge is 2.08. The number of para-hydroxylation sites is 1. The van der Waals surface area contributed by atoms with Crippen LogP contribution < -0.4 is 10.1 Å². The summed E-state index contributed by atoms with van der Waals surface area (Å²) in [5.74, 6) is 0.831. The number of aromatic nitrogens is 2. The fraction of sp³-hybridized carbons (Fsp3) is 0.412. The van der Waals surface area contributed by atoms with Crippen molar-refractivity contribution in [3.05, 3.63) is 47.3 Å². The van der Waals surface area contributed by atoms with Crippen LogP contribution in [-0.2, 0) is 24.3 Å². The first-order valence-corrected chi connectivity index (χ1v) is 7.55. The topological polar surface area (TPSA) is 56.2 Å². The average molecular weight is 301 g/mol. The highest BCUT2D eigenvalue weighted by molar-refractivity contribution is 5.76. The van der Waals surface area contributed by atoms with Crippen molar-refractivity contribution in [3.8, 4) is 5.75 Å². The van der Waals surface area contributed by atoms with Gasteiger partial charge < -0.3 is 10.1 Å². The molecule has 1 aromatic carbocycles. The van der Waals surface area contributed by atoms with Gasteiger partial charge in [0.1, 0.15) is 5.75 Å². The van der Waals surface area contributed by atoms with Gasteiger partial charge in [-0.05, 0) is 31.9 Å². The molecular weight excluding hydrogens is 278 g/mol. The number of amides is 1. The van der Waals surface area contributed by atoms with Crippen molar-refractivity contribution >= 4 is 5.91 Å². The van der Waals surface area contributed by atoms with Gasteiger partial charge in [0.25, 0.3) is 0 Å². The normalized spacial score (nSPS) is 10.5. The van der Waals surface area contributed by atoms with E-state index in [0.717, 1.165) is 29.1 Å². The number of nitrogens with zero attached hydrogens (tertiary/aromatic N) is 2. The van der Waals surface area contributed by atoms with E-state index >= 15 is 0 Å². The summed E-state index contributed by atoms with van der Waals surface area (Å²) < 4.78 is 7.18. The molecule has 2 aromatic rings. The number of carbonyl (C=O) groups is 1. The SMILES string of the molecule is CCn1cc(CCC(=O)NCc2ccccc2OC)c(C)n1. The van der Waals surface area contributed by atoms with Crippen LogP contribution in [0.25, 0.3) is 0 Å². The minimum atomic E-state index is 0.0366. The first-order valence-electron chi connectivity index (χ1n) is 7.55. The second kappa shape index (κ2) is 7.64. The third-order valence-electron chi connectivity index (χ3n) is 3.66. The summed E-state index contributed by atoms with van der Waals surface area (Å²) >= 11 is 0. The van der Waals surface area contributed by atoms with Gasteiger partial charge in [-0.3, -0.25) is 9.48 Å². The molecule has 0 bridgehead atoms. The van der Waals surface area contributed by atoms with Crippen LogP contribution in [0.1, 0.15) is 30.2 Å². The molecule has 1 N–H and O–H groups in total. The molecule has 0 saturated carbocycles. The Hall–Kier alpha value is -2.30. The van der Waals surface area contributed by atoms with Crippen LogP contribution in [0.3, 0.4) is 0 Å². The second-order valence-electron chi connectivity index (χ2n) is 5.18. The van der Waals surface area contributed by atoms with Gasteiger partial charge in [0, 0.05) is 31.3 Å². The molecule has 5 heteroatoms. The van der Waals surface area contributed by atoms with E-state index in [9.17, 15) is 4.79 Å². The standard InChI is InChI=1S/C17H23N3O2/c1-4-20-12-15(13(2)19-20)9-10-17(21)18-11-14-7-5-6-8-16(14)22-3/h5-8,12H,4,9-11H2,1-3H3,(H,18,21). The molecule has 0 unspecified atom stereocenters. The zero-order valence-electron chi connectivity index (χ0n) is 13.4. The minimum Gasteiger partial charge on any atom is -0.496 e. The van der Waals surface area contributed by atoms with Gasteiger partial charge in [-0.2, -0.15) is 5.10 Å². The molecular formula is C17H23N3O2. The van der Waals surface area contributed by atoms with E-state index < -0.39 is 0 Å². The first-order chi connectivity index (χ1) is 10.6. The molecule has 2 rings (SSSR count). The Morgan fingerprint density at radius 3 is 2.77 bits per heavy atom. The Morgan fingerprint density at radius 2 is 2.09 bits per heavy atom. The van der Waals surface area contributed by atoms with Gasteiger partial charge in [0.05, 0.1) is 12.8 Å². The predicted molar refractivity (Wildman–Crippen MR) is 85.8 cm³/mol. The van der Waals surface area contributed by atoms with Crippen molar-refractivity contribution < 1.29 is 9.53 Å². The van der Waals surface area contributed by atoms with Crippen molar-refractivity contribution in [2.45, 2.75) is 39.8 Å². The van der Waals surface area contributed by atoms with Gasteiger partial charge in [0.15, 0.2) is 0 Å². The van der Waals surface area contributed by atoms with Crippen molar-refractivity contribution in [2.24, 2.45) is 0 Å². The van der Waals surface area contributed by atoms with Crippen LogP contribution in [0, 0.1) is 6.92 Å². The molecule has 5 nitrogen and oxygen atoms in total. The van der Waals surface area contributed by atoms with Crippen LogP contribution in [0.5, 0.6) is 5.75 Å². The van der Waals surface area contributed by atoms with E-state index in [0.29, 0.717) is 19.4 Å². The van der Waals surface area contributed by atoms with Crippen molar-refractivity contribution in [1.29, 1.82) is 0 Å². The molecule has 1 amide bonds. The molecule has 0 aliphatic heterocycles. The Balaban J connectivity index is 1.84. The number of ether oxygens (including phenoxy) is 1. The number of methoxy groups -OCH3 is 1. The third kappa shape index (κ3) is 4.10. The smallest absolute Gasteiger partial charge is 0.220 e. The lowest BCUT2D eigenvalue weighted by Crippen LogP contribution is -2.23. The van der Waals surface area contributed by atoms with Gasteiger partial charge in [-0.15, -0.1) is 0 Å². The largest absolute Gasteiger partial charge is 0.496 e. The Kier molecular flexibility index (Phi) is 5.58. The van der Waals surface area contributed by atoms with Crippen LogP contribution in [0.2, 0.25) is 0 Å². The summed E-state index contributed by atoms with van der Waals surface area (Å²) in [4.78, 5) is 12.0. The maximum atomic E-state index is 12.0. The lowest BCUT2D eigenvalue weighted by Gasteiger charge is -2.09. The molecule has 0 spiro atoms. The zero-order chi connectivity index (χ0) is 15.9. The molecule has 1 heterocycles. The van der Waals surface area contributed by atoms with Crippen molar-refractivity contribution in [3.63, 3.8) is 0 Å². The van der Waals surface area contributed by atoms with Crippen LogP contribution in [0.15, 0.2) is 30.5 Å². The first kappa shape index (κ1) is 16.1. The predicted octanol–water partition coefficient (Wildman–Crippen LogP) is 2.47. The summed E-state index contributed by atoms with van der Waals surface area (Å²) in [5, 5.41) is 7.33. The van der Waals surface area contributed by atoms with Crippen LogP contribution in [0.4, 0.5) is 0 Å². The quantitative estimate of drug-likeness (QED) is 0.854. The summed E-state index contributed by atoms with van der Waals surface area (Å²) in [6.45, 7) is 5.36. The Morgan fingerprint density at radius 1 is 1.32 bits per heavy atom. The van der Waals surface area contributed by atoms with Crippen molar-refractivity contribution in [1.82, 2.24) is 15.1 Å². The molecule has 1 aromatic heterocycles. The number of carbonyl (C=O) groups excluding carboxylic acids is 1. The molecule has 0 radical (unpaired) electrons. The molecule has 22 heavy (non-hydrogen) atoms. The lowest BCUT2D eigenvalue weighted by atomic mass is 10.1. The number of rotatable bonds is 7. The molecule has 0 saturated heterocycles. The summed E-state index contributed by atoms with van der Waals surface area (Å²) in [7, 11) is 1.63. The maximum Gasteiger partial charge on any atom is 0.220 e. The fourth-order valence-corrected chi connectivity index (χ4v) is 2.35. The van der Waals surface area contributed by atoms with Gasteiger partial charge in [-0.1, -0.05) is 18.2 Å². The van der Waals surface area contributed by atoms with Gasteiger partial charge in [0.2, 0.25) is 5.91 Å². The third-order valence-corrected chi connectivity index (χ3v) is 3.66. The van der Waals surface area contributed by atoms with Crippen molar-refractivity contribution in [2.75, 3.05) is 7.11 Å². The lowest BCUT2D eigenvalue weighted by molar-refractivity contribution is -0.121. The number of benzene rings is 1.